The van der Waals surface area contributed by atoms with Gasteiger partial charge in [-0.25, -0.2) is 18.0 Å². The summed E-state index contributed by atoms with van der Waals surface area (Å²) in [7, 11) is -3.69. The van der Waals surface area contributed by atoms with Gasteiger partial charge < -0.3 is 33.9 Å². The van der Waals surface area contributed by atoms with Crippen LogP contribution in [0.4, 0.5) is 5.69 Å². The van der Waals surface area contributed by atoms with Crippen molar-refractivity contribution in [3.05, 3.63) is 57.8 Å². The van der Waals surface area contributed by atoms with Gasteiger partial charge in [0.1, 0.15) is 33.2 Å². The van der Waals surface area contributed by atoms with E-state index in [0.717, 1.165) is 14.2 Å². The van der Waals surface area contributed by atoms with Crippen molar-refractivity contribution in [2.45, 2.75) is 4.90 Å². The van der Waals surface area contributed by atoms with Crippen LogP contribution >= 0.6 is 0 Å². The van der Waals surface area contributed by atoms with E-state index in [4.69, 9.17) is 9.47 Å². The first kappa shape index (κ1) is 24.8. The van der Waals surface area contributed by atoms with Crippen LogP contribution in [0.1, 0.15) is 31.8 Å². The van der Waals surface area contributed by atoms with Crippen molar-refractivity contribution >= 4 is 39.3 Å². The Kier molecular flexibility index (Phi) is 6.03. The smallest absolute Gasteiger partial charge is 0.355 e. The maximum atomic E-state index is 13.5. The maximum absolute atomic E-state index is 13.5. The number of phenolic OH excluding ortho intramolecular Hbond substituents is 2. The highest BCUT2D eigenvalue weighted by atomic mass is 32.2. The van der Waals surface area contributed by atoms with E-state index in [1.54, 1.807) is 0 Å². The van der Waals surface area contributed by atoms with E-state index in [9.17, 15) is 42.4 Å². The third-order valence-corrected chi connectivity index (χ3v) is 6.49. The summed E-state index contributed by atoms with van der Waals surface area (Å²) in [5.74, 6) is -7.11. The summed E-state index contributed by atoms with van der Waals surface area (Å²) in [4.78, 5) is 50.9. The normalized spacial score (nSPS) is 15.4. The zero-order valence-corrected chi connectivity index (χ0v) is 19.4. The molecule has 0 amide bonds. The molecule has 0 spiro atoms. The highest BCUT2D eigenvalue weighted by Gasteiger charge is 2.43. The number of phenols is 2. The molecule has 2 aromatic carbocycles. The summed E-state index contributed by atoms with van der Waals surface area (Å²) in [5, 5.41) is 21.6. The predicted molar refractivity (Wildman–Crippen MR) is 115 cm³/mol. The van der Waals surface area contributed by atoms with Gasteiger partial charge in [-0.1, -0.05) is 24.3 Å². The van der Waals surface area contributed by atoms with Crippen molar-refractivity contribution in [1.82, 2.24) is 0 Å². The fourth-order valence-electron chi connectivity index (χ4n) is 4.10. The lowest BCUT2D eigenvalue weighted by Crippen LogP contribution is -2.40. The van der Waals surface area contributed by atoms with E-state index < -0.39 is 91.4 Å². The first-order valence-corrected chi connectivity index (χ1v) is 11.4. The lowest BCUT2D eigenvalue weighted by Gasteiger charge is -2.35. The maximum Gasteiger partial charge on any atom is 0.355 e. The second-order valence-corrected chi connectivity index (χ2v) is 8.82. The molecular formula is C22H16NO12S-. The van der Waals surface area contributed by atoms with Crippen LogP contribution < -0.4 is 4.90 Å². The highest BCUT2D eigenvalue weighted by Crippen LogP contribution is 2.50. The Morgan fingerprint density at radius 3 is 2.06 bits per heavy atom. The summed E-state index contributed by atoms with van der Waals surface area (Å²) in [5.41, 5.74) is -3.88. The lowest BCUT2D eigenvalue weighted by molar-refractivity contribution is -0.140. The monoisotopic (exact) mass is 518 g/mol. The molecule has 0 saturated heterocycles. The van der Waals surface area contributed by atoms with Crippen molar-refractivity contribution in [2.24, 2.45) is 0 Å². The van der Waals surface area contributed by atoms with Gasteiger partial charge in [-0.15, -0.1) is 0 Å². The molecule has 1 heterocycles. The lowest BCUT2D eigenvalue weighted by atomic mass is 9.82. The second-order valence-electron chi connectivity index (χ2n) is 7.50. The molecule has 0 fully saturated rings. The average molecular weight is 518 g/mol. The van der Waals surface area contributed by atoms with Crippen molar-refractivity contribution in [3.8, 4) is 11.5 Å². The number of ketones is 2. The van der Waals surface area contributed by atoms with Crippen molar-refractivity contribution < 1.29 is 56.6 Å². The number of aromatic hydroxyl groups is 2. The Morgan fingerprint density at radius 1 is 0.972 bits per heavy atom. The van der Waals surface area contributed by atoms with Crippen LogP contribution in [0, 0.1) is 0 Å². The van der Waals surface area contributed by atoms with E-state index >= 15 is 0 Å². The fourth-order valence-corrected chi connectivity index (χ4v) is 4.77. The zero-order chi connectivity index (χ0) is 26.5. The quantitative estimate of drug-likeness (QED) is 0.350. The van der Waals surface area contributed by atoms with Crippen molar-refractivity contribution in [2.75, 3.05) is 32.5 Å². The van der Waals surface area contributed by atoms with E-state index in [1.165, 1.54) is 24.3 Å². The number of anilines is 1. The molecule has 13 nitrogen and oxygen atoms in total. The summed E-state index contributed by atoms with van der Waals surface area (Å²) in [6, 6.07) is 5.37. The van der Waals surface area contributed by atoms with Gasteiger partial charge in [0.15, 0.2) is 17.3 Å². The summed E-state index contributed by atoms with van der Waals surface area (Å²) >= 11 is 0. The second kappa shape index (κ2) is 8.75. The molecule has 0 bridgehead atoms. The minimum Gasteiger partial charge on any atom is -0.744 e. The third-order valence-electron chi connectivity index (χ3n) is 5.60. The van der Waals surface area contributed by atoms with E-state index in [0.29, 0.717) is 4.90 Å². The highest BCUT2D eigenvalue weighted by molar-refractivity contribution is 7.86. The Balaban J connectivity index is 2.18. The molecule has 0 unspecified atom stereocenters. The Morgan fingerprint density at radius 2 is 1.53 bits per heavy atom. The topological polar surface area (TPSA) is 197 Å². The number of esters is 2. The number of ether oxygens (including phenoxy) is 3. The van der Waals surface area contributed by atoms with Gasteiger partial charge in [-0.3, -0.25) is 9.59 Å². The predicted octanol–water partition coefficient (Wildman–Crippen LogP) is 0.172. The SMILES string of the molecule is COC(=O)C1=C(C(=O)OC)N(c2c(O)c(S(=O)(=O)[O-])c(O)c3c2C(=O)c2ccccc2C3=O)COC1. The van der Waals surface area contributed by atoms with Crippen LogP contribution in [0.15, 0.2) is 40.4 Å². The molecule has 2 aliphatic rings. The van der Waals surface area contributed by atoms with Crippen LogP contribution in [0.2, 0.25) is 0 Å². The molecule has 0 atom stereocenters. The van der Waals surface area contributed by atoms with Crippen molar-refractivity contribution in [1.29, 1.82) is 0 Å². The number of hydrogen-bond donors (Lipinski definition) is 2. The van der Waals surface area contributed by atoms with Crippen LogP contribution in [-0.4, -0.2) is 74.2 Å². The number of hydrogen-bond acceptors (Lipinski definition) is 13. The number of carbonyl (C=O) groups excluding carboxylic acids is 4. The standard InChI is InChI=1S/C22H17NO12S/c1-33-21(28)11-7-35-8-23(14(11)22(29)34-2)15-12-13(18(26)20(19(15)27)36(30,31)32)17(25)10-6-4-3-5-9(10)16(12)24/h3-6,26-27H,7-8H2,1-2H3,(H,30,31,32)/p-1. The zero-order valence-electron chi connectivity index (χ0n) is 18.6. The number of rotatable bonds is 4. The largest absolute Gasteiger partial charge is 0.744 e. The molecule has 2 aromatic rings. The van der Waals surface area contributed by atoms with Crippen LogP contribution in [-0.2, 0) is 33.9 Å². The van der Waals surface area contributed by atoms with Gasteiger partial charge in [-0.05, 0) is 0 Å². The van der Waals surface area contributed by atoms with Gasteiger partial charge in [0.05, 0.1) is 43.2 Å². The molecular weight excluding hydrogens is 502 g/mol. The van der Waals surface area contributed by atoms with E-state index in [2.05, 4.69) is 4.74 Å². The molecule has 0 saturated carbocycles. The van der Waals surface area contributed by atoms with Gasteiger partial charge in [0.25, 0.3) is 0 Å². The Hall–Kier alpha value is -4.27. The molecule has 1 aliphatic carbocycles. The molecule has 4 rings (SSSR count). The first-order chi connectivity index (χ1) is 16.9. The first-order valence-electron chi connectivity index (χ1n) is 9.96. The number of benzene rings is 2. The molecule has 188 valence electrons. The molecule has 2 N–H and O–H groups in total. The molecule has 0 aromatic heterocycles. The molecule has 1 aliphatic heterocycles. The van der Waals surface area contributed by atoms with Gasteiger partial charge in [-0.2, -0.15) is 0 Å². The molecule has 36 heavy (non-hydrogen) atoms. The van der Waals surface area contributed by atoms with Crippen LogP contribution in [0.3, 0.4) is 0 Å². The van der Waals surface area contributed by atoms with Crippen LogP contribution in [0.5, 0.6) is 11.5 Å². The van der Waals surface area contributed by atoms with Crippen LogP contribution in [0.25, 0.3) is 0 Å². The van der Waals surface area contributed by atoms with E-state index in [1.807, 2.05) is 0 Å². The average Bonchev–Trinajstić information content (AvgIpc) is 2.84. The Bertz CT molecular complexity index is 1510. The minimum absolute atomic E-state index is 0.164. The summed E-state index contributed by atoms with van der Waals surface area (Å²) in [6.07, 6.45) is 0. The number of nitrogens with zero attached hydrogens (tertiary/aromatic N) is 1. The van der Waals surface area contributed by atoms with Gasteiger partial charge in [0.2, 0.25) is 0 Å². The summed E-state index contributed by atoms with van der Waals surface area (Å²) < 4.78 is 50.7. The Labute approximate surface area is 202 Å². The number of fused-ring (bicyclic) bond motifs is 2. The van der Waals surface area contributed by atoms with E-state index in [-0.39, 0.29) is 11.1 Å². The fraction of sp³-hybridized carbons (Fsp3) is 0.182. The van der Waals surface area contributed by atoms with Gasteiger partial charge >= 0.3 is 11.9 Å². The minimum atomic E-state index is -5.66. The van der Waals surface area contributed by atoms with Crippen molar-refractivity contribution in [3.63, 3.8) is 0 Å². The molecule has 0 radical (unpaired) electrons. The summed E-state index contributed by atoms with van der Waals surface area (Å²) in [6.45, 7) is -1.14. The number of carbonyl (C=O) groups is 4. The molecule has 14 heteroatoms. The number of methoxy groups -OCH3 is 2. The third kappa shape index (κ3) is 3.59. The van der Waals surface area contributed by atoms with Gasteiger partial charge in [0, 0.05) is 11.1 Å².